The van der Waals surface area contributed by atoms with Gasteiger partial charge >= 0.3 is 0 Å². The van der Waals surface area contributed by atoms with Crippen molar-refractivity contribution in [3.8, 4) is 5.75 Å². The van der Waals surface area contributed by atoms with Crippen molar-refractivity contribution in [1.82, 2.24) is 10.2 Å². The number of amides is 1. The number of nitrogens with zero attached hydrogens (tertiary/aromatic N) is 3. The van der Waals surface area contributed by atoms with Gasteiger partial charge in [0.1, 0.15) is 5.76 Å². The number of hydrogen-bond acceptors (Lipinski definition) is 6. The fraction of sp³-hybridized carbons (Fsp3) is 0.409. The first kappa shape index (κ1) is 25.1. The molecule has 1 aromatic carbocycles. The number of benzene rings is 1. The number of anilines is 1. The Morgan fingerprint density at radius 1 is 1.22 bits per heavy atom. The van der Waals surface area contributed by atoms with E-state index in [1.54, 1.807) is 32.5 Å². The summed E-state index contributed by atoms with van der Waals surface area (Å²) in [6, 6.07) is 6.68. The number of furan rings is 1. The zero-order chi connectivity index (χ0) is 23.8. The van der Waals surface area contributed by atoms with Crippen LogP contribution in [0.2, 0.25) is 0 Å². The van der Waals surface area contributed by atoms with E-state index in [2.05, 4.69) is 47.1 Å². The van der Waals surface area contributed by atoms with Crippen molar-refractivity contribution >= 4 is 34.4 Å². The topological polar surface area (TPSA) is 120 Å². The van der Waals surface area contributed by atoms with Crippen LogP contribution in [0.4, 0.5) is 5.69 Å². The molecule has 0 saturated carbocycles. The van der Waals surface area contributed by atoms with Crippen molar-refractivity contribution in [2.75, 3.05) is 19.4 Å². The lowest BCUT2D eigenvalue weighted by atomic mass is 10.1. The van der Waals surface area contributed by atoms with Gasteiger partial charge in [-0.2, -0.15) is 0 Å². The van der Waals surface area contributed by atoms with Crippen LogP contribution in [0.15, 0.2) is 43.7 Å². The van der Waals surface area contributed by atoms with E-state index in [0.29, 0.717) is 18.2 Å². The maximum atomic E-state index is 12.2. The van der Waals surface area contributed by atoms with E-state index < -0.39 is 11.2 Å². The first-order valence-electron chi connectivity index (χ1n) is 10.4. The Bertz CT molecular complexity index is 1030. The van der Waals surface area contributed by atoms with Gasteiger partial charge < -0.3 is 25.1 Å². The van der Waals surface area contributed by atoms with Gasteiger partial charge in [-0.3, -0.25) is 4.79 Å². The average Bonchev–Trinajstić information content (AvgIpc) is 3.34. The molecule has 2 heterocycles. The molecular weight excluding hydrogens is 430 g/mol. The standard InChI is InChI=1S/C19H23N5O4S.C3H8/c1-11(2)12-8-13(28-10-12)9-20-17-18(23-29(27)22-17)21-15-7-5-6-14(16(15)25)19(26)24(3)4;1-3-2/h5-8,10-11,25H,9H2,1-4H3,(H,20,22)(H,21,23);3H2,1-2H3. The Labute approximate surface area is 191 Å². The first-order valence-corrected chi connectivity index (χ1v) is 11.5. The molecule has 1 atom stereocenters. The van der Waals surface area contributed by atoms with Crippen LogP contribution < -0.4 is 10.6 Å². The molecule has 0 saturated heterocycles. The quantitative estimate of drug-likeness (QED) is 0.583. The molecule has 1 unspecified atom stereocenters. The molecule has 0 spiro atoms. The lowest BCUT2D eigenvalue weighted by Crippen LogP contribution is -2.33. The molecule has 0 aliphatic carbocycles. The number of amidine groups is 2. The second-order valence-electron chi connectivity index (χ2n) is 7.70. The maximum absolute atomic E-state index is 12.2. The lowest BCUT2D eigenvalue weighted by Gasteiger charge is -2.15. The smallest absolute Gasteiger partial charge is 0.269 e. The summed E-state index contributed by atoms with van der Waals surface area (Å²) in [5, 5.41) is 16.4. The number of aromatic hydroxyl groups is 1. The highest BCUT2D eigenvalue weighted by Crippen LogP contribution is 2.28. The average molecular weight is 462 g/mol. The van der Waals surface area contributed by atoms with Crippen LogP contribution >= 0.6 is 0 Å². The van der Waals surface area contributed by atoms with Crippen LogP contribution in [0, 0.1) is 0 Å². The number of carbonyl (C=O) groups is 1. The normalized spacial score (nSPS) is 14.9. The van der Waals surface area contributed by atoms with Gasteiger partial charge in [-0.25, -0.2) is 4.21 Å². The molecule has 10 heteroatoms. The van der Waals surface area contributed by atoms with Gasteiger partial charge in [0.15, 0.2) is 17.4 Å². The van der Waals surface area contributed by atoms with Crippen LogP contribution in [-0.4, -0.2) is 45.9 Å². The Kier molecular flexibility index (Phi) is 9.01. The molecule has 1 aliphatic rings. The predicted molar refractivity (Wildman–Crippen MR) is 128 cm³/mol. The summed E-state index contributed by atoms with van der Waals surface area (Å²) in [5.74, 6) is 0.961. The first-order chi connectivity index (χ1) is 15.2. The summed E-state index contributed by atoms with van der Waals surface area (Å²) >= 11 is -1.78. The number of phenolic OH excluding ortho intramolecular Hbond substituents is 1. The van der Waals surface area contributed by atoms with Crippen molar-refractivity contribution in [3.63, 3.8) is 0 Å². The number of nitrogens with one attached hydrogen (secondary N) is 2. The molecule has 1 aliphatic heterocycles. The number of hydrogen-bond donors (Lipinski definition) is 3. The molecule has 1 amide bonds. The highest BCUT2D eigenvalue weighted by Gasteiger charge is 2.22. The molecule has 3 rings (SSSR count). The van der Waals surface area contributed by atoms with Crippen LogP contribution in [-0.2, 0) is 17.7 Å². The molecule has 32 heavy (non-hydrogen) atoms. The zero-order valence-electron chi connectivity index (χ0n) is 19.3. The minimum atomic E-state index is -1.78. The fourth-order valence-electron chi connectivity index (χ4n) is 2.61. The third-order valence-corrected chi connectivity index (χ3v) is 4.94. The summed E-state index contributed by atoms with van der Waals surface area (Å²) in [6.07, 6.45) is 2.95. The molecule has 1 aromatic heterocycles. The Morgan fingerprint density at radius 2 is 1.88 bits per heavy atom. The van der Waals surface area contributed by atoms with Crippen LogP contribution in [0.1, 0.15) is 61.7 Å². The van der Waals surface area contributed by atoms with E-state index in [9.17, 15) is 14.1 Å². The molecule has 9 nitrogen and oxygen atoms in total. The minimum Gasteiger partial charge on any atom is -0.505 e. The van der Waals surface area contributed by atoms with E-state index in [1.165, 1.54) is 17.4 Å². The SMILES string of the molecule is CC(C)c1coc(CNC2=NS(=O)N=C2Nc2cccc(C(=O)N(C)C)c2O)c1.CCC. The minimum absolute atomic E-state index is 0.142. The van der Waals surface area contributed by atoms with Crippen molar-refractivity contribution in [2.24, 2.45) is 8.80 Å². The third-order valence-electron chi connectivity index (χ3n) is 4.26. The summed E-state index contributed by atoms with van der Waals surface area (Å²) in [4.78, 5) is 13.6. The lowest BCUT2D eigenvalue weighted by molar-refractivity contribution is 0.0824. The van der Waals surface area contributed by atoms with E-state index in [4.69, 9.17) is 4.42 Å². The fourth-order valence-corrected chi connectivity index (χ4v) is 3.25. The van der Waals surface area contributed by atoms with Crippen molar-refractivity contribution in [1.29, 1.82) is 0 Å². The monoisotopic (exact) mass is 461 g/mol. The third kappa shape index (κ3) is 6.43. The van der Waals surface area contributed by atoms with E-state index >= 15 is 0 Å². The summed E-state index contributed by atoms with van der Waals surface area (Å²) in [5.41, 5.74) is 1.48. The van der Waals surface area contributed by atoms with Gasteiger partial charge in [0.25, 0.3) is 17.1 Å². The van der Waals surface area contributed by atoms with Crippen LogP contribution in [0.5, 0.6) is 5.75 Å². The summed E-state index contributed by atoms with van der Waals surface area (Å²) in [6.45, 7) is 8.72. The Balaban J connectivity index is 0.00000114. The number of para-hydroxylation sites is 1. The second-order valence-corrected chi connectivity index (χ2v) is 8.53. The molecule has 0 fully saturated rings. The largest absolute Gasteiger partial charge is 0.505 e. The maximum Gasteiger partial charge on any atom is 0.269 e. The second kappa shape index (κ2) is 11.5. The predicted octanol–water partition coefficient (Wildman–Crippen LogP) is 3.82. The van der Waals surface area contributed by atoms with E-state index in [1.807, 2.05) is 6.07 Å². The Morgan fingerprint density at radius 3 is 2.47 bits per heavy atom. The number of rotatable bonds is 5. The number of carbonyl (C=O) groups excluding carboxylic acids is 1. The molecule has 3 N–H and O–H groups in total. The highest BCUT2D eigenvalue weighted by molar-refractivity contribution is 7.83. The van der Waals surface area contributed by atoms with Crippen LogP contribution in [0.25, 0.3) is 0 Å². The Hall–Kier alpha value is -3.14. The summed E-state index contributed by atoms with van der Waals surface area (Å²) in [7, 11) is 3.19. The van der Waals surface area contributed by atoms with E-state index in [0.717, 1.165) is 5.56 Å². The molecule has 0 bridgehead atoms. The summed E-state index contributed by atoms with van der Waals surface area (Å²) < 4.78 is 25.2. The van der Waals surface area contributed by atoms with Crippen LogP contribution in [0.3, 0.4) is 0 Å². The molecule has 2 aromatic rings. The van der Waals surface area contributed by atoms with Crippen molar-refractivity contribution in [2.45, 2.75) is 46.6 Å². The highest BCUT2D eigenvalue weighted by atomic mass is 32.2. The van der Waals surface area contributed by atoms with Gasteiger partial charge in [-0.05, 0) is 29.7 Å². The van der Waals surface area contributed by atoms with Gasteiger partial charge in [-0.1, -0.05) is 40.2 Å². The molecule has 174 valence electrons. The van der Waals surface area contributed by atoms with Crippen molar-refractivity contribution < 1.29 is 18.5 Å². The van der Waals surface area contributed by atoms with E-state index in [-0.39, 0.29) is 34.6 Å². The number of phenols is 1. The van der Waals surface area contributed by atoms with Crippen molar-refractivity contribution in [3.05, 3.63) is 47.4 Å². The molecular formula is C22H31N5O4S. The van der Waals surface area contributed by atoms with Gasteiger partial charge in [0.05, 0.1) is 24.1 Å². The molecule has 0 radical (unpaired) electrons. The van der Waals surface area contributed by atoms with Gasteiger partial charge in [0.2, 0.25) is 0 Å². The van der Waals surface area contributed by atoms with Gasteiger partial charge in [-0.15, -0.1) is 8.80 Å². The zero-order valence-corrected chi connectivity index (χ0v) is 20.1. The van der Waals surface area contributed by atoms with Gasteiger partial charge in [0, 0.05) is 14.1 Å².